The summed E-state index contributed by atoms with van der Waals surface area (Å²) in [5.41, 5.74) is 2.49. The normalized spacial score (nSPS) is 19.9. The lowest BCUT2D eigenvalue weighted by molar-refractivity contribution is 0.0600. The van der Waals surface area contributed by atoms with Crippen LogP contribution in [-0.4, -0.2) is 45.4 Å². The Hall–Kier alpha value is -1.76. The average molecular weight is 413 g/mol. The first-order valence-corrected chi connectivity index (χ1v) is 9.12. The van der Waals surface area contributed by atoms with Gasteiger partial charge in [0.2, 0.25) is 0 Å². The van der Waals surface area contributed by atoms with E-state index in [0.29, 0.717) is 11.6 Å². The molecule has 1 amide bonds. The Morgan fingerprint density at radius 3 is 2.36 bits per heavy atom. The number of nitrogens with zero attached hydrogens (tertiary/aromatic N) is 1. The lowest BCUT2D eigenvalue weighted by Crippen LogP contribution is -2.43. The Bertz CT molecular complexity index is 642. The van der Waals surface area contributed by atoms with Gasteiger partial charge in [0.25, 0.3) is 0 Å². The molecule has 0 atom stereocenters. The minimum Gasteiger partial charge on any atom is -0.465 e. The Balaban J connectivity index is 2.11. The van der Waals surface area contributed by atoms with Crippen LogP contribution in [0.4, 0.5) is 10.5 Å². The van der Waals surface area contributed by atoms with E-state index in [4.69, 9.17) is 4.74 Å². The van der Waals surface area contributed by atoms with Crippen LogP contribution in [0, 0.1) is 6.92 Å². The number of carbonyl (C=O) groups is 2. The lowest BCUT2D eigenvalue weighted by Gasteiger charge is -2.37. The Kier molecular flexibility index (Phi) is 6.70. The number of alkyl carbamates (subject to hydrolysis) is 1. The number of methoxy groups -OCH3 is 2. The third kappa shape index (κ3) is 4.66. The number of anilines is 1. The fraction of sp³-hybridized carbons (Fsp3) is 0.556. The van der Waals surface area contributed by atoms with Crippen LogP contribution in [0.25, 0.3) is 0 Å². The number of hydrogen-bond acceptors (Lipinski definition) is 5. The summed E-state index contributed by atoms with van der Waals surface area (Å²) >= 11 is 3.49. The molecule has 0 bridgehead atoms. The van der Waals surface area contributed by atoms with Gasteiger partial charge in [-0.25, -0.2) is 9.59 Å². The van der Waals surface area contributed by atoms with Gasteiger partial charge in [-0.2, -0.15) is 0 Å². The summed E-state index contributed by atoms with van der Waals surface area (Å²) in [6, 6.07) is 4.33. The summed E-state index contributed by atoms with van der Waals surface area (Å²) in [5, 5.41) is 2.87. The molecule has 0 spiro atoms. The molecule has 1 saturated carbocycles. The van der Waals surface area contributed by atoms with E-state index in [1.807, 2.05) is 13.0 Å². The quantitative estimate of drug-likeness (QED) is 0.764. The van der Waals surface area contributed by atoms with Gasteiger partial charge < -0.3 is 19.7 Å². The molecular weight excluding hydrogens is 388 g/mol. The first-order chi connectivity index (χ1) is 11.9. The van der Waals surface area contributed by atoms with Gasteiger partial charge in [0, 0.05) is 29.3 Å². The second-order valence-corrected chi connectivity index (χ2v) is 7.26. The second kappa shape index (κ2) is 8.56. The van der Waals surface area contributed by atoms with Crippen LogP contribution in [-0.2, 0) is 9.47 Å². The van der Waals surface area contributed by atoms with E-state index >= 15 is 0 Å². The lowest BCUT2D eigenvalue weighted by atomic mass is 9.89. The molecule has 1 aromatic carbocycles. The van der Waals surface area contributed by atoms with Crippen molar-refractivity contribution in [1.29, 1.82) is 0 Å². The minimum absolute atomic E-state index is 0.159. The molecule has 0 saturated heterocycles. The Labute approximate surface area is 157 Å². The maximum atomic E-state index is 12.0. The van der Waals surface area contributed by atoms with Crippen LogP contribution in [0.3, 0.4) is 0 Å². The fourth-order valence-corrected chi connectivity index (χ4v) is 3.83. The van der Waals surface area contributed by atoms with Crippen molar-refractivity contribution in [2.24, 2.45) is 0 Å². The van der Waals surface area contributed by atoms with Crippen molar-refractivity contribution < 1.29 is 19.1 Å². The highest BCUT2D eigenvalue weighted by Gasteiger charge is 2.27. The van der Waals surface area contributed by atoms with E-state index in [-0.39, 0.29) is 18.1 Å². The average Bonchev–Trinajstić information content (AvgIpc) is 2.62. The zero-order valence-corrected chi connectivity index (χ0v) is 16.7. The van der Waals surface area contributed by atoms with Crippen molar-refractivity contribution >= 4 is 33.7 Å². The number of esters is 1. The van der Waals surface area contributed by atoms with Crippen LogP contribution in [0.5, 0.6) is 0 Å². The fourth-order valence-electron chi connectivity index (χ4n) is 3.38. The number of nitrogens with one attached hydrogen (secondary N) is 1. The molecule has 1 aromatic rings. The molecule has 0 aromatic heterocycles. The van der Waals surface area contributed by atoms with E-state index in [9.17, 15) is 9.59 Å². The molecule has 1 N–H and O–H groups in total. The van der Waals surface area contributed by atoms with Crippen LogP contribution < -0.4 is 10.2 Å². The van der Waals surface area contributed by atoms with E-state index in [1.165, 1.54) is 14.2 Å². The summed E-state index contributed by atoms with van der Waals surface area (Å²) < 4.78 is 10.4. The molecule has 2 rings (SSSR count). The van der Waals surface area contributed by atoms with Crippen molar-refractivity contribution in [3.05, 3.63) is 27.7 Å². The van der Waals surface area contributed by atoms with Crippen LogP contribution in [0.15, 0.2) is 16.6 Å². The largest absolute Gasteiger partial charge is 0.465 e. The molecule has 138 valence electrons. The van der Waals surface area contributed by atoms with E-state index in [1.54, 1.807) is 6.07 Å². The van der Waals surface area contributed by atoms with Crippen LogP contribution >= 0.6 is 15.9 Å². The van der Waals surface area contributed by atoms with Gasteiger partial charge in [-0.1, -0.05) is 15.9 Å². The summed E-state index contributed by atoms with van der Waals surface area (Å²) in [4.78, 5) is 25.6. The van der Waals surface area contributed by atoms with Crippen molar-refractivity contribution in [2.75, 3.05) is 26.2 Å². The van der Waals surface area contributed by atoms with Gasteiger partial charge in [-0.15, -0.1) is 0 Å². The Morgan fingerprint density at radius 2 is 1.80 bits per heavy atom. The van der Waals surface area contributed by atoms with Crippen LogP contribution in [0.2, 0.25) is 0 Å². The predicted molar refractivity (Wildman–Crippen MR) is 100 cm³/mol. The molecule has 6 nitrogen and oxygen atoms in total. The summed E-state index contributed by atoms with van der Waals surface area (Å²) in [7, 11) is 4.82. The predicted octanol–water partition coefficient (Wildman–Crippen LogP) is 3.65. The first kappa shape index (κ1) is 19.6. The number of carbonyl (C=O) groups excluding carboxylic acids is 2. The Morgan fingerprint density at radius 1 is 1.16 bits per heavy atom. The minimum atomic E-state index is -0.373. The van der Waals surface area contributed by atoms with Crippen molar-refractivity contribution in [3.8, 4) is 0 Å². The zero-order chi connectivity index (χ0) is 18.6. The van der Waals surface area contributed by atoms with Crippen LogP contribution in [0.1, 0.15) is 41.6 Å². The molecule has 0 aliphatic heterocycles. The number of benzene rings is 1. The monoisotopic (exact) mass is 412 g/mol. The third-order valence-corrected chi connectivity index (χ3v) is 5.34. The molecular formula is C18H25BrN2O4. The van der Waals surface area contributed by atoms with Gasteiger partial charge in [0.15, 0.2) is 0 Å². The van der Waals surface area contributed by atoms with Gasteiger partial charge in [-0.3, -0.25) is 0 Å². The van der Waals surface area contributed by atoms with Crippen molar-refractivity contribution in [2.45, 2.75) is 44.7 Å². The maximum Gasteiger partial charge on any atom is 0.407 e. The molecule has 0 heterocycles. The number of ether oxygens (including phenoxy) is 2. The second-order valence-electron chi connectivity index (χ2n) is 6.34. The molecule has 0 unspecified atom stereocenters. The van der Waals surface area contributed by atoms with Gasteiger partial charge in [0.1, 0.15) is 0 Å². The van der Waals surface area contributed by atoms with E-state index in [2.05, 4.69) is 37.9 Å². The highest BCUT2D eigenvalue weighted by atomic mass is 79.9. The van der Waals surface area contributed by atoms with Gasteiger partial charge in [-0.05, 0) is 50.3 Å². The topological polar surface area (TPSA) is 67.9 Å². The molecule has 1 aliphatic carbocycles. The number of halogens is 1. The number of rotatable bonds is 4. The van der Waals surface area contributed by atoms with E-state index < -0.39 is 0 Å². The zero-order valence-electron chi connectivity index (χ0n) is 15.1. The number of hydrogen-bond donors (Lipinski definition) is 1. The first-order valence-electron chi connectivity index (χ1n) is 8.33. The molecule has 0 radical (unpaired) electrons. The summed E-state index contributed by atoms with van der Waals surface area (Å²) in [6.07, 6.45) is 3.36. The van der Waals surface area contributed by atoms with Gasteiger partial charge >= 0.3 is 12.1 Å². The smallest absolute Gasteiger partial charge is 0.407 e. The molecule has 25 heavy (non-hydrogen) atoms. The molecule has 7 heteroatoms. The molecule has 1 fully saturated rings. The maximum absolute atomic E-state index is 12.0. The molecule has 1 aliphatic rings. The summed E-state index contributed by atoms with van der Waals surface area (Å²) in [5.74, 6) is -0.334. The highest BCUT2D eigenvalue weighted by Crippen LogP contribution is 2.32. The summed E-state index contributed by atoms with van der Waals surface area (Å²) in [6.45, 7) is 1.94. The third-order valence-electron chi connectivity index (χ3n) is 4.88. The van der Waals surface area contributed by atoms with Crippen molar-refractivity contribution in [3.63, 3.8) is 0 Å². The SMILES string of the molecule is COC(=O)NC1CCC(N(C)c2cc(Br)cc(C(=O)OC)c2C)CC1. The number of amides is 1. The van der Waals surface area contributed by atoms with Crippen molar-refractivity contribution in [1.82, 2.24) is 5.32 Å². The van der Waals surface area contributed by atoms with Gasteiger partial charge in [0.05, 0.1) is 19.8 Å². The highest BCUT2D eigenvalue weighted by molar-refractivity contribution is 9.10. The van der Waals surface area contributed by atoms with E-state index in [0.717, 1.165) is 41.4 Å². The standard InChI is InChI=1S/C18H25BrN2O4/c1-11-15(17(22)24-3)9-12(19)10-16(11)21(2)14-7-5-13(6-8-14)20-18(23)25-4/h9-10,13-14H,5-8H2,1-4H3,(H,20,23).